The minimum Gasteiger partial charge on any atom is -0.357 e. The Balaban J connectivity index is 0.00000480. The third-order valence-electron chi connectivity index (χ3n) is 5.11. The second-order valence-electron chi connectivity index (χ2n) is 7.37. The molecular formula is C21H33F3IN5O. The summed E-state index contributed by atoms with van der Waals surface area (Å²) in [6.07, 6.45) is -3.34. The van der Waals surface area contributed by atoms with E-state index in [1.165, 1.54) is 11.8 Å². The van der Waals surface area contributed by atoms with Crippen LogP contribution >= 0.6 is 24.0 Å². The number of piperazine rings is 1. The van der Waals surface area contributed by atoms with Crippen molar-refractivity contribution in [3.05, 3.63) is 35.4 Å². The zero-order valence-electron chi connectivity index (χ0n) is 18.3. The van der Waals surface area contributed by atoms with Gasteiger partial charge >= 0.3 is 6.18 Å². The summed E-state index contributed by atoms with van der Waals surface area (Å²) < 4.78 is 38.9. The molecule has 0 saturated carbocycles. The van der Waals surface area contributed by atoms with Crippen molar-refractivity contribution < 1.29 is 18.0 Å². The zero-order valence-corrected chi connectivity index (χ0v) is 20.7. The van der Waals surface area contributed by atoms with E-state index in [-0.39, 0.29) is 29.9 Å². The fraction of sp³-hybridized carbons (Fsp3) is 0.619. The van der Waals surface area contributed by atoms with Gasteiger partial charge < -0.3 is 15.5 Å². The fourth-order valence-electron chi connectivity index (χ4n) is 3.27. The number of nitrogens with zero attached hydrogens (tertiary/aromatic N) is 3. The van der Waals surface area contributed by atoms with Crippen LogP contribution < -0.4 is 10.6 Å². The second kappa shape index (κ2) is 13.1. The third kappa shape index (κ3) is 8.47. The van der Waals surface area contributed by atoms with Crippen LogP contribution in [0.1, 0.15) is 43.1 Å². The molecule has 6 nitrogen and oxygen atoms in total. The highest BCUT2D eigenvalue weighted by molar-refractivity contribution is 14.0. The molecule has 0 radical (unpaired) electrons. The van der Waals surface area contributed by atoms with Gasteiger partial charge in [0, 0.05) is 44.8 Å². The van der Waals surface area contributed by atoms with Crippen LogP contribution in [0.15, 0.2) is 29.3 Å². The summed E-state index contributed by atoms with van der Waals surface area (Å²) in [5.74, 6) is 0.571. The summed E-state index contributed by atoms with van der Waals surface area (Å²) in [6.45, 7) is 8.46. The summed E-state index contributed by atoms with van der Waals surface area (Å²) in [7, 11) is 0. The standard InChI is InChI=1S/C21H32F3N5O.HI/c1-4-9-26-19(30)18-8-6-7-17(14-18)15-27-20(25-5-2)29-12-10-28(11-13-29)16(3)21(22,23)24;/h6-8,14,16H,4-5,9-13,15H2,1-3H3,(H,25,27)(H,26,30);1H. The maximum atomic E-state index is 13.0. The normalized spacial score (nSPS) is 16.5. The fourth-order valence-corrected chi connectivity index (χ4v) is 3.27. The summed E-state index contributed by atoms with van der Waals surface area (Å²) >= 11 is 0. The van der Waals surface area contributed by atoms with Crippen molar-refractivity contribution in [3.63, 3.8) is 0 Å². The first-order chi connectivity index (χ1) is 14.3. The van der Waals surface area contributed by atoms with Crippen LogP contribution in [-0.2, 0) is 6.54 Å². The van der Waals surface area contributed by atoms with E-state index in [1.807, 2.05) is 36.9 Å². The van der Waals surface area contributed by atoms with E-state index < -0.39 is 12.2 Å². The number of rotatable bonds is 7. The quantitative estimate of drug-likeness (QED) is 0.308. The molecule has 10 heteroatoms. The summed E-state index contributed by atoms with van der Waals surface area (Å²) in [5.41, 5.74) is 1.50. The molecule has 1 unspecified atom stereocenters. The van der Waals surface area contributed by atoms with Gasteiger partial charge in [0.25, 0.3) is 5.91 Å². The van der Waals surface area contributed by atoms with Gasteiger partial charge in [0.1, 0.15) is 6.04 Å². The topological polar surface area (TPSA) is 60.0 Å². The lowest BCUT2D eigenvalue weighted by Gasteiger charge is -2.39. The Morgan fingerprint density at radius 3 is 2.42 bits per heavy atom. The highest BCUT2D eigenvalue weighted by Gasteiger charge is 2.41. The Morgan fingerprint density at radius 2 is 1.84 bits per heavy atom. The number of hydrogen-bond acceptors (Lipinski definition) is 3. The lowest BCUT2D eigenvalue weighted by Crippen LogP contribution is -2.56. The van der Waals surface area contributed by atoms with Gasteiger partial charge in [-0.05, 0) is 38.0 Å². The Morgan fingerprint density at radius 1 is 1.16 bits per heavy atom. The molecule has 176 valence electrons. The number of guanidine groups is 1. The maximum Gasteiger partial charge on any atom is 0.403 e. The van der Waals surface area contributed by atoms with Crippen molar-refractivity contribution in [2.75, 3.05) is 39.3 Å². The molecule has 1 saturated heterocycles. The molecule has 1 aliphatic rings. The number of benzene rings is 1. The van der Waals surface area contributed by atoms with Crippen LogP contribution in [-0.4, -0.2) is 73.2 Å². The van der Waals surface area contributed by atoms with Crippen LogP contribution in [0.4, 0.5) is 13.2 Å². The van der Waals surface area contributed by atoms with Crippen LogP contribution in [0.2, 0.25) is 0 Å². The predicted molar refractivity (Wildman–Crippen MR) is 128 cm³/mol. The van der Waals surface area contributed by atoms with Gasteiger partial charge in [-0.3, -0.25) is 9.69 Å². The van der Waals surface area contributed by atoms with E-state index in [4.69, 9.17) is 0 Å². The molecule has 1 atom stereocenters. The number of halogens is 4. The largest absolute Gasteiger partial charge is 0.403 e. The highest BCUT2D eigenvalue weighted by Crippen LogP contribution is 2.25. The second-order valence-corrected chi connectivity index (χ2v) is 7.37. The van der Waals surface area contributed by atoms with Gasteiger partial charge in [0.2, 0.25) is 0 Å². The molecule has 1 heterocycles. The van der Waals surface area contributed by atoms with Gasteiger partial charge in [-0.25, -0.2) is 4.99 Å². The van der Waals surface area contributed by atoms with Gasteiger partial charge in [0.05, 0.1) is 6.54 Å². The van der Waals surface area contributed by atoms with Crippen molar-refractivity contribution in [2.24, 2.45) is 4.99 Å². The molecule has 31 heavy (non-hydrogen) atoms. The molecule has 1 amide bonds. The molecular weight excluding hydrogens is 522 g/mol. The van der Waals surface area contributed by atoms with E-state index in [9.17, 15) is 18.0 Å². The van der Waals surface area contributed by atoms with E-state index in [0.29, 0.717) is 57.3 Å². The molecule has 0 aliphatic carbocycles. The molecule has 1 fully saturated rings. The van der Waals surface area contributed by atoms with Crippen molar-refractivity contribution in [2.45, 2.75) is 46.0 Å². The Kier molecular flexibility index (Phi) is 11.6. The van der Waals surface area contributed by atoms with Crippen LogP contribution in [0.5, 0.6) is 0 Å². The average Bonchev–Trinajstić information content (AvgIpc) is 2.74. The number of carbonyl (C=O) groups is 1. The number of hydrogen-bond donors (Lipinski definition) is 2. The summed E-state index contributed by atoms with van der Waals surface area (Å²) in [6, 6.07) is 5.88. The Hall–Kier alpha value is -1.56. The van der Waals surface area contributed by atoms with Gasteiger partial charge in [-0.2, -0.15) is 13.2 Å². The first-order valence-corrected chi connectivity index (χ1v) is 10.5. The average molecular weight is 555 g/mol. The van der Waals surface area contributed by atoms with Gasteiger partial charge in [-0.15, -0.1) is 24.0 Å². The Labute approximate surface area is 199 Å². The van der Waals surface area contributed by atoms with E-state index >= 15 is 0 Å². The van der Waals surface area contributed by atoms with E-state index in [0.717, 1.165) is 12.0 Å². The minimum absolute atomic E-state index is 0. The highest BCUT2D eigenvalue weighted by atomic mass is 127. The monoisotopic (exact) mass is 555 g/mol. The van der Waals surface area contributed by atoms with Crippen molar-refractivity contribution >= 4 is 35.8 Å². The maximum absolute atomic E-state index is 13.0. The molecule has 1 aromatic rings. The van der Waals surface area contributed by atoms with Crippen molar-refractivity contribution in [1.82, 2.24) is 20.4 Å². The van der Waals surface area contributed by atoms with E-state index in [2.05, 4.69) is 15.6 Å². The number of amides is 1. The molecule has 2 N–H and O–H groups in total. The molecule has 1 aromatic carbocycles. The van der Waals surface area contributed by atoms with Crippen molar-refractivity contribution in [1.29, 1.82) is 0 Å². The lowest BCUT2D eigenvalue weighted by atomic mass is 10.1. The number of aliphatic imine (C=N–C) groups is 1. The molecule has 0 spiro atoms. The molecule has 0 bridgehead atoms. The Bertz CT molecular complexity index is 721. The molecule has 0 aromatic heterocycles. The van der Waals surface area contributed by atoms with Gasteiger partial charge in [-0.1, -0.05) is 19.1 Å². The first kappa shape index (κ1) is 27.5. The minimum atomic E-state index is -4.21. The third-order valence-corrected chi connectivity index (χ3v) is 5.11. The number of carbonyl (C=O) groups excluding carboxylic acids is 1. The first-order valence-electron chi connectivity index (χ1n) is 10.5. The van der Waals surface area contributed by atoms with E-state index in [1.54, 1.807) is 6.07 Å². The van der Waals surface area contributed by atoms with Crippen LogP contribution in [0.3, 0.4) is 0 Å². The summed E-state index contributed by atoms with van der Waals surface area (Å²) in [5, 5.41) is 6.07. The van der Waals surface area contributed by atoms with Crippen LogP contribution in [0, 0.1) is 0 Å². The van der Waals surface area contributed by atoms with Crippen molar-refractivity contribution in [3.8, 4) is 0 Å². The SMILES string of the molecule is CCCNC(=O)c1cccc(CN=C(NCC)N2CCN(C(C)C(F)(F)F)CC2)c1.I. The smallest absolute Gasteiger partial charge is 0.357 e. The van der Waals surface area contributed by atoms with Crippen LogP contribution in [0.25, 0.3) is 0 Å². The predicted octanol–water partition coefficient (Wildman–Crippen LogP) is 3.48. The molecule has 1 aliphatic heterocycles. The number of alkyl halides is 3. The number of nitrogens with one attached hydrogen (secondary N) is 2. The summed E-state index contributed by atoms with van der Waals surface area (Å²) in [4.78, 5) is 20.2. The molecule has 2 rings (SSSR count). The lowest BCUT2D eigenvalue weighted by molar-refractivity contribution is -0.181. The van der Waals surface area contributed by atoms with Gasteiger partial charge in [0.15, 0.2) is 5.96 Å². The zero-order chi connectivity index (χ0) is 22.1.